The second-order valence-electron chi connectivity index (χ2n) is 14.4. The monoisotopic (exact) mass is 705 g/mol. The predicted molar refractivity (Wildman–Crippen MR) is 229 cm³/mol. The zero-order valence-corrected chi connectivity index (χ0v) is 30.1. The molecule has 0 unspecified atom stereocenters. The van der Waals surface area contributed by atoms with E-state index in [0.29, 0.717) is 0 Å². The van der Waals surface area contributed by atoms with E-state index < -0.39 is 0 Å². The quantitative estimate of drug-likeness (QED) is 0.172. The number of hydrogen-bond donors (Lipinski definition) is 0. The lowest BCUT2D eigenvalue weighted by molar-refractivity contribution is 0.668. The molecule has 0 amide bonds. The Morgan fingerprint density at radius 1 is 0.400 bits per heavy atom. The van der Waals surface area contributed by atoms with Gasteiger partial charge in [0.1, 0.15) is 22.3 Å². The van der Waals surface area contributed by atoms with Gasteiger partial charge in [-0.1, -0.05) is 121 Å². The SMILES string of the molecule is C1=Cc2c(c(-c3ccccc3)cc3oc4ccc(-c5ccc(N(c6cccc(-c7ccccc7)c6)c6ccc7c(c6)oc6ccccc67)cc5)cc4c23)CC1. The molecule has 0 radical (unpaired) electrons. The Bertz CT molecular complexity index is 3080. The van der Waals surface area contributed by atoms with E-state index in [-0.39, 0.29) is 0 Å². The molecule has 0 saturated carbocycles. The fraction of sp³-hybridized carbons (Fsp3) is 0.0385. The summed E-state index contributed by atoms with van der Waals surface area (Å²) in [5.74, 6) is 0. The van der Waals surface area contributed by atoms with E-state index in [1.807, 2.05) is 12.1 Å². The van der Waals surface area contributed by atoms with Gasteiger partial charge in [0.25, 0.3) is 0 Å². The molecule has 2 aromatic heterocycles. The first-order chi connectivity index (χ1) is 27.2. The average Bonchev–Trinajstić information content (AvgIpc) is 3.82. The molecule has 8 aromatic carbocycles. The third-order valence-electron chi connectivity index (χ3n) is 11.1. The highest BCUT2D eigenvalue weighted by Gasteiger charge is 2.21. The van der Waals surface area contributed by atoms with Gasteiger partial charge in [-0.2, -0.15) is 0 Å². The van der Waals surface area contributed by atoms with Gasteiger partial charge in [-0.25, -0.2) is 0 Å². The van der Waals surface area contributed by atoms with Crippen molar-refractivity contribution in [3.05, 3.63) is 193 Å². The molecule has 10 aromatic rings. The van der Waals surface area contributed by atoms with Crippen LogP contribution in [0.25, 0.3) is 83.3 Å². The summed E-state index contributed by atoms with van der Waals surface area (Å²) in [4.78, 5) is 2.32. The van der Waals surface area contributed by atoms with Crippen LogP contribution in [0.4, 0.5) is 17.1 Å². The summed E-state index contributed by atoms with van der Waals surface area (Å²) in [6.07, 6.45) is 6.67. The largest absolute Gasteiger partial charge is 0.456 e. The predicted octanol–water partition coefficient (Wildman–Crippen LogP) is 14.9. The van der Waals surface area contributed by atoms with E-state index in [9.17, 15) is 0 Å². The minimum atomic E-state index is 0.869. The molecule has 1 aliphatic rings. The molecule has 0 N–H and O–H groups in total. The van der Waals surface area contributed by atoms with Crippen LogP contribution in [0.3, 0.4) is 0 Å². The molecule has 0 aliphatic heterocycles. The van der Waals surface area contributed by atoms with Crippen molar-refractivity contribution in [3.63, 3.8) is 0 Å². The van der Waals surface area contributed by atoms with Crippen molar-refractivity contribution in [1.82, 2.24) is 0 Å². The number of hydrogen-bond acceptors (Lipinski definition) is 3. The van der Waals surface area contributed by atoms with Crippen LogP contribution in [-0.2, 0) is 6.42 Å². The lowest BCUT2D eigenvalue weighted by Gasteiger charge is -2.26. The van der Waals surface area contributed by atoms with Crippen LogP contribution < -0.4 is 4.90 Å². The van der Waals surface area contributed by atoms with Gasteiger partial charge in [0.2, 0.25) is 0 Å². The van der Waals surface area contributed by atoms with E-state index >= 15 is 0 Å². The second-order valence-corrected chi connectivity index (χ2v) is 14.4. The number of rotatable bonds is 6. The Hall–Kier alpha value is -7.10. The van der Waals surface area contributed by atoms with Gasteiger partial charge in [0, 0.05) is 44.7 Å². The number of allylic oxidation sites excluding steroid dienone is 1. The molecule has 1 aliphatic carbocycles. The smallest absolute Gasteiger partial charge is 0.137 e. The topological polar surface area (TPSA) is 29.5 Å². The number of benzene rings is 8. The van der Waals surface area contributed by atoms with E-state index in [0.717, 1.165) is 85.1 Å². The molecule has 2 heterocycles. The molecule has 0 fully saturated rings. The van der Waals surface area contributed by atoms with Gasteiger partial charge in [0.15, 0.2) is 0 Å². The molecule has 0 spiro atoms. The summed E-state index contributed by atoms with van der Waals surface area (Å²) in [5, 5.41) is 4.59. The molecule has 3 nitrogen and oxygen atoms in total. The first-order valence-corrected chi connectivity index (χ1v) is 19.0. The third-order valence-corrected chi connectivity index (χ3v) is 11.1. The van der Waals surface area contributed by atoms with Gasteiger partial charge in [0.05, 0.1) is 0 Å². The summed E-state index contributed by atoms with van der Waals surface area (Å²) in [5.41, 5.74) is 16.6. The van der Waals surface area contributed by atoms with E-state index in [2.05, 4.69) is 181 Å². The molecule has 3 heteroatoms. The van der Waals surface area contributed by atoms with Crippen LogP contribution in [0.15, 0.2) is 191 Å². The summed E-state index contributed by atoms with van der Waals surface area (Å²) in [6.45, 7) is 0. The number of para-hydroxylation sites is 1. The van der Waals surface area contributed by atoms with Crippen molar-refractivity contribution < 1.29 is 8.83 Å². The highest BCUT2D eigenvalue weighted by molar-refractivity contribution is 6.12. The fourth-order valence-electron chi connectivity index (χ4n) is 8.51. The van der Waals surface area contributed by atoms with Crippen molar-refractivity contribution in [2.75, 3.05) is 4.90 Å². The normalized spacial score (nSPS) is 12.5. The first kappa shape index (κ1) is 31.4. The van der Waals surface area contributed by atoms with Crippen LogP contribution >= 0.6 is 0 Å². The Kier molecular flexibility index (Phi) is 7.31. The van der Waals surface area contributed by atoms with Gasteiger partial charge < -0.3 is 13.7 Å². The maximum atomic E-state index is 6.56. The maximum absolute atomic E-state index is 6.56. The molecular formula is C52H35NO2. The minimum absolute atomic E-state index is 0.869. The molecule has 0 saturated heterocycles. The zero-order chi connectivity index (χ0) is 36.3. The summed E-state index contributed by atoms with van der Waals surface area (Å²) >= 11 is 0. The van der Waals surface area contributed by atoms with Gasteiger partial charge in [-0.05, 0) is 118 Å². The Balaban J connectivity index is 1.02. The molecule has 260 valence electrons. The average molecular weight is 706 g/mol. The number of fused-ring (bicyclic) bond motifs is 8. The first-order valence-electron chi connectivity index (χ1n) is 19.0. The van der Waals surface area contributed by atoms with Crippen molar-refractivity contribution in [2.45, 2.75) is 12.8 Å². The van der Waals surface area contributed by atoms with E-state index in [1.165, 1.54) is 33.2 Å². The van der Waals surface area contributed by atoms with Crippen LogP contribution in [0.5, 0.6) is 0 Å². The van der Waals surface area contributed by atoms with Crippen molar-refractivity contribution in [3.8, 4) is 33.4 Å². The lowest BCUT2D eigenvalue weighted by Crippen LogP contribution is -2.10. The lowest BCUT2D eigenvalue weighted by atomic mass is 9.86. The third kappa shape index (κ3) is 5.35. The maximum Gasteiger partial charge on any atom is 0.137 e. The molecule has 55 heavy (non-hydrogen) atoms. The van der Waals surface area contributed by atoms with Crippen molar-refractivity contribution >= 4 is 67.0 Å². The second kappa shape index (κ2) is 12.8. The summed E-state index contributed by atoms with van der Waals surface area (Å²) in [7, 11) is 0. The number of anilines is 3. The molecule has 11 rings (SSSR count). The van der Waals surface area contributed by atoms with Crippen LogP contribution in [-0.4, -0.2) is 0 Å². The minimum Gasteiger partial charge on any atom is -0.456 e. The fourth-order valence-corrected chi connectivity index (χ4v) is 8.51. The van der Waals surface area contributed by atoms with Gasteiger partial charge in [-0.3, -0.25) is 0 Å². The van der Waals surface area contributed by atoms with Crippen LogP contribution in [0.2, 0.25) is 0 Å². The molecular weight excluding hydrogens is 671 g/mol. The molecule has 0 bridgehead atoms. The zero-order valence-electron chi connectivity index (χ0n) is 30.1. The number of nitrogens with zero attached hydrogens (tertiary/aromatic N) is 1. The Morgan fingerprint density at radius 2 is 1.04 bits per heavy atom. The van der Waals surface area contributed by atoms with Crippen molar-refractivity contribution in [2.24, 2.45) is 0 Å². The van der Waals surface area contributed by atoms with Crippen LogP contribution in [0, 0.1) is 0 Å². The highest BCUT2D eigenvalue weighted by Crippen LogP contribution is 2.44. The van der Waals surface area contributed by atoms with Crippen molar-refractivity contribution in [1.29, 1.82) is 0 Å². The van der Waals surface area contributed by atoms with E-state index in [1.54, 1.807) is 0 Å². The van der Waals surface area contributed by atoms with Gasteiger partial charge >= 0.3 is 0 Å². The van der Waals surface area contributed by atoms with Gasteiger partial charge in [-0.15, -0.1) is 0 Å². The standard InChI is InChI=1S/C52H35NO2/c1-3-12-34(13-4-1)37-16-11-17-40(30-37)53(41-27-28-44-43-19-9-10-21-48(43)54-50(44)32-41)39-25-22-35(23-26-39)38-24-29-49-47(31-38)52-45-20-8-7-18-42(45)46(33-51(52)55-49)36-14-5-2-6-15-36/h1-6,8-17,19-33H,7,18H2. The highest BCUT2D eigenvalue weighted by atomic mass is 16.3. The van der Waals surface area contributed by atoms with E-state index in [4.69, 9.17) is 8.83 Å². The summed E-state index contributed by atoms with van der Waals surface area (Å²) in [6, 6.07) is 62.6. The van der Waals surface area contributed by atoms with Crippen LogP contribution in [0.1, 0.15) is 17.5 Å². The summed E-state index contributed by atoms with van der Waals surface area (Å²) < 4.78 is 12.9. The Morgan fingerprint density at radius 3 is 1.89 bits per heavy atom. The Labute approximate surface area is 319 Å². The number of furan rings is 2. The molecule has 0 atom stereocenters.